The Balaban J connectivity index is 1.59. The minimum Gasteiger partial charge on any atom is -0.489 e. The number of nitrogens with zero attached hydrogens (tertiary/aromatic N) is 2. The summed E-state index contributed by atoms with van der Waals surface area (Å²) in [5.74, 6) is 1.62. The third-order valence-electron chi connectivity index (χ3n) is 5.46. The van der Waals surface area contributed by atoms with E-state index in [9.17, 15) is 4.79 Å². The molecule has 156 valence electrons. The number of carbonyl (C=O) groups excluding carboxylic acids is 1. The lowest BCUT2D eigenvalue weighted by molar-refractivity contribution is -0.122. The van der Waals surface area contributed by atoms with Crippen LogP contribution in [0.3, 0.4) is 0 Å². The van der Waals surface area contributed by atoms with Crippen molar-refractivity contribution in [3.63, 3.8) is 0 Å². The van der Waals surface area contributed by atoms with Crippen LogP contribution < -0.4 is 10.1 Å². The van der Waals surface area contributed by atoms with Crippen molar-refractivity contribution in [1.29, 1.82) is 0 Å². The lowest BCUT2D eigenvalue weighted by Gasteiger charge is -2.19. The molecule has 0 aliphatic carbocycles. The van der Waals surface area contributed by atoms with Crippen LogP contribution in [0.5, 0.6) is 5.75 Å². The van der Waals surface area contributed by atoms with Crippen molar-refractivity contribution in [2.24, 2.45) is 4.99 Å². The first kappa shape index (κ1) is 21.4. The number of hydrogen-bond acceptors (Lipinski definition) is 4. The number of benzene rings is 1. The van der Waals surface area contributed by atoms with Crippen LogP contribution >= 0.6 is 11.6 Å². The Morgan fingerprint density at radius 2 is 2.10 bits per heavy atom. The van der Waals surface area contributed by atoms with Crippen molar-refractivity contribution < 1.29 is 9.53 Å². The van der Waals surface area contributed by atoms with Gasteiger partial charge in [-0.2, -0.15) is 0 Å². The number of amidine groups is 1. The molecule has 1 N–H and O–H groups in total. The fraction of sp³-hybridized carbons (Fsp3) is 0.478. The molecule has 2 heterocycles. The van der Waals surface area contributed by atoms with E-state index in [1.807, 2.05) is 38.1 Å². The number of halogens is 1. The van der Waals surface area contributed by atoms with Crippen LogP contribution in [0.4, 0.5) is 0 Å². The van der Waals surface area contributed by atoms with Gasteiger partial charge in [-0.05, 0) is 56.0 Å². The molecule has 0 bridgehead atoms. The molecule has 1 amide bonds. The number of ether oxygens (including phenoxy) is 1. The van der Waals surface area contributed by atoms with Gasteiger partial charge in [0.2, 0.25) is 5.91 Å². The standard InChI is InChI=1S/C23H30ClN3O2/c1-4-17-7-6-8-21(26-22(17)24)27-14-13-20(15-27)29-19-11-9-18(10-12-19)16(3)23(28)25-5-2/h6,8-12,16,20H,4-5,7,13-15H2,1-3H3,(H,25,28). The Kier molecular flexibility index (Phi) is 7.37. The smallest absolute Gasteiger partial charge is 0.227 e. The third-order valence-corrected chi connectivity index (χ3v) is 5.81. The van der Waals surface area contributed by atoms with Crippen molar-refractivity contribution in [1.82, 2.24) is 10.2 Å². The highest BCUT2D eigenvalue weighted by molar-refractivity contribution is 6.30. The van der Waals surface area contributed by atoms with Gasteiger partial charge in [-0.1, -0.05) is 36.7 Å². The highest BCUT2D eigenvalue weighted by Gasteiger charge is 2.26. The van der Waals surface area contributed by atoms with E-state index in [4.69, 9.17) is 16.3 Å². The summed E-state index contributed by atoms with van der Waals surface area (Å²) in [6.07, 6.45) is 7.01. The normalized spacial score (nSPS) is 20.3. The maximum absolute atomic E-state index is 12.0. The average molecular weight is 416 g/mol. The van der Waals surface area contributed by atoms with Crippen molar-refractivity contribution >= 4 is 23.3 Å². The highest BCUT2D eigenvalue weighted by atomic mass is 35.5. The molecule has 1 fully saturated rings. The number of nitrogens with one attached hydrogen (secondary N) is 1. The van der Waals surface area contributed by atoms with Crippen LogP contribution in [0.25, 0.3) is 0 Å². The second-order valence-electron chi connectivity index (χ2n) is 7.48. The highest BCUT2D eigenvalue weighted by Crippen LogP contribution is 2.25. The van der Waals surface area contributed by atoms with E-state index in [0.717, 1.165) is 49.5 Å². The van der Waals surface area contributed by atoms with Gasteiger partial charge < -0.3 is 15.0 Å². The van der Waals surface area contributed by atoms with Crippen LogP contribution in [0.15, 0.2) is 52.1 Å². The molecule has 29 heavy (non-hydrogen) atoms. The SMILES string of the molecule is CCNC(=O)C(C)c1ccc(OC2CCN(C3=NC(Cl)=C(CC)CC=C3)C2)cc1. The van der Waals surface area contributed by atoms with E-state index in [2.05, 4.69) is 34.3 Å². The van der Waals surface area contributed by atoms with Crippen LogP contribution in [-0.4, -0.2) is 42.4 Å². The molecule has 2 atom stereocenters. The fourth-order valence-corrected chi connectivity index (χ4v) is 3.91. The fourth-order valence-electron chi connectivity index (χ4n) is 3.61. The van der Waals surface area contributed by atoms with Gasteiger partial charge in [0.25, 0.3) is 0 Å². The molecule has 0 saturated carbocycles. The first-order valence-electron chi connectivity index (χ1n) is 10.4. The molecule has 1 saturated heterocycles. The second kappa shape index (κ2) is 9.97. The van der Waals surface area contributed by atoms with E-state index in [0.29, 0.717) is 11.7 Å². The van der Waals surface area contributed by atoms with Crippen molar-refractivity contribution in [2.75, 3.05) is 19.6 Å². The van der Waals surface area contributed by atoms with Gasteiger partial charge in [-0.3, -0.25) is 4.79 Å². The summed E-state index contributed by atoms with van der Waals surface area (Å²) in [7, 11) is 0. The maximum atomic E-state index is 12.0. The molecule has 6 heteroatoms. The minimum absolute atomic E-state index is 0.0452. The Morgan fingerprint density at radius 1 is 1.34 bits per heavy atom. The van der Waals surface area contributed by atoms with Crippen LogP contribution in [0, 0.1) is 0 Å². The Bertz CT molecular complexity index is 814. The average Bonchev–Trinajstić information content (AvgIpc) is 3.10. The summed E-state index contributed by atoms with van der Waals surface area (Å²) < 4.78 is 6.17. The predicted molar refractivity (Wildman–Crippen MR) is 119 cm³/mol. The molecule has 1 aromatic carbocycles. The van der Waals surface area contributed by atoms with Gasteiger partial charge in [0.15, 0.2) is 0 Å². The summed E-state index contributed by atoms with van der Waals surface area (Å²) in [6.45, 7) is 8.27. The number of rotatable bonds is 6. The largest absolute Gasteiger partial charge is 0.489 e. The van der Waals surface area contributed by atoms with E-state index in [1.54, 1.807) is 0 Å². The van der Waals surface area contributed by atoms with Gasteiger partial charge in [0.05, 0.1) is 12.5 Å². The monoisotopic (exact) mass is 415 g/mol. The number of likely N-dealkylation sites (tertiary alicyclic amines) is 1. The topological polar surface area (TPSA) is 53.9 Å². The molecular weight excluding hydrogens is 386 g/mol. The molecule has 3 rings (SSSR count). The van der Waals surface area contributed by atoms with Gasteiger partial charge in [0.1, 0.15) is 22.8 Å². The third kappa shape index (κ3) is 5.41. The van der Waals surface area contributed by atoms with Crippen molar-refractivity contribution in [2.45, 2.75) is 52.1 Å². The van der Waals surface area contributed by atoms with E-state index in [1.165, 1.54) is 5.57 Å². The van der Waals surface area contributed by atoms with E-state index in [-0.39, 0.29) is 17.9 Å². The molecule has 0 spiro atoms. The number of amides is 1. The lowest BCUT2D eigenvalue weighted by Crippen LogP contribution is -2.29. The Morgan fingerprint density at radius 3 is 2.79 bits per heavy atom. The number of likely N-dealkylation sites (N-methyl/N-ethyl adjacent to an activating group) is 1. The number of allylic oxidation sites excluding steroid dienone is 2. The first-order chi connectivity index (χ1) is 14.0. The summed E-state index contributed by atoms with van der Waals surface area (Å²) in [6, 6.07) is 7.84. The molecule has 0 aromatic heterocycles. The summed E-state index contributed by atoms with van der Waals surface area (Å²) in [5, 5.41) is 3.48. The maximum Gasteiger partial charge on any atom is 0.227 e. The zero-order valence-corrected chi connectivity index (χ0v) is 18.2. The second-order valence-corrected chi connectivity index (χ2v) is 7.84. The molecule has 2 aliphatic rings. The summed E-state index contributed by atoms with van der Waals surface area (Å²) in [4.78, 5) is 18.9. The lowest BCUT2D eigenvalue weighted by atomic mass is 10.0. The quantitative estimate of drug-likeness (QED) is 0.691. The molecule has 5 nitrogen and oxygen atoms in total. The minimum atomic E-state index is -0.170. The predicted octanol–water partition coefficient (Wildman–Crippen LogP) is 4.60. The zero-order chi connectivity index (χ0) is 20.8. The van der Waals surface area contributed by atoms with Gasteiger partial charge in [-0.15, -0.1) is 0 Å². The Labute approximate surface area is 178 Å². The molecule has 1 aromatic rings. The van der Waals surface area contributed by atoms with Crippen molar-refractivity contribution in [3.05, 3.63) is 52.7 Å². The Hall–Kier alpha value is -2.27. The number of hydrogen-bond donors (Lipinski definition) is 1. The molecule has 2 unspecified atom stereocenters. The van der Waals surface area contributed by atoms with Crippen LogP contribution in [0.1, 0.15) is 51.5 Å². The van der Waals surface area contributed by atoms with Crippen LogP contribution in [-0.2, 0) is 4.79 Å². The summed E-state index contributed by atoms with van der Waals surface area (Å²) in [5.41, 5.74) is 2.16. The van der Waals surface area contributed by atoms with Crippen molar-refractivity contribution in [3.8, 4) is 5.75 Å². The molecule has 0 radical (unpaired) electrons. The zero-order valence-electron chi connectivity index (χ0n) is 17.5. The van der Waals surface area contributed by atoms with Gasteiger partial charge in [-0.25, -0.2) is 4.99 Å². The van der Waals surface area contributed by atoms with E-state index < -0.39 is 0 Å². The van der Waals surface area contributed by atoms with E-state index >= 15 is 0 Å². The van der Waals surface area contributed by atoms with Crippen LogP contribution in [0.2, 0.25) is 0 Å². The summed E-state index contributed by atoms with van der Waals surface area (Å²) >= 11 is 6.37. The number of aliphatic imine (C=N–C) groups is 1. The number of carbonyl (C=O) groups is 1. The molecular formula is C23H30ClN3O2. The van der Waals surface area contributed by atoms with Gasteiger partial charge in [0, 0.05) is 19.5 Å². The first-order valence-corrected chi connectivity index (χ1v) is 10.8. The molecule has 2 aliphatic heterocycles. The van der Waals surface area contributed by atoms with Gasteiger partial charge >= 0.3 is 0 Å².